The highest BCUT2D eigenvalue weighted by Gasteiger charge is 2.34. The van der Waals surface area contributed by atoms with Crippen molar-refractivity contribution in [2.24, 2.45) is 5.92 Å². The highest BCUT2D eigenvalue weighted by Crippen LogP contribution is 2.31. The fraction of sp³-hybridized carbons (Fsp3) is 0.526. The van der Waals surface area contributed by atoms with Gasteiger partial charge >= 0.3 is 0 Å². The summed E-state index contributed by atoms with van der Waals surface area (Å²) in [6, 6.07) is 5.64. The number of hydrogen-bond acceptors (Lipinski definition) is 3. The number of H-pyrrole nitrogens is 1. The van der Waals surface area contributed by atoms with E-state index in [1.165, 1.54) is 0 Å². The molecule has 0 bridgehead atoms. The van der Waals surface area contributed by atoms with Gasteiger partial charge in [0.1, 0.15) is 5.82 Å². The van der Waals surface area contributed by atoms with Gasteiger partial charge in [-0.05, 0) is 37.5 Å². The zero-order valence-corrected chi connectivity index (χ0v) is 14.6. The van der Waals surface area contributed by atoms with Gasteiger partial charge in [0.2, 0.25) is 5.91 Å². The maximum Gasteiger partial charge on any atom is 0.253 e. The molecule has 0 unspecified atom stereocenters. The van der Waals surface area contributed by atoms with E-state index in [-0.39, 0.29) is 17.7 Å². The van der Waals surface area contributed by atoms with Crippen LogP contribution in [0.4, 0.5) is 0 Å². The number of carbonyl (C=O) groups excluding carboxylic acids is 2. The predicted octanol–water partition coefficient (Wildman–Crippen LogP) is 2.21. The van der Waals surface area contributed by atoms with E-state index in [1.807, 2.05) is 28.0 Å². The molecule has 2 amide bonds. The minimum atomic E-state index is 0.0373. The first-order valence-electron chi connectivity index (χ1n) is 9.22. The van der Waals surface area contributed by atoms with Gasteiger partial charge < -0.3 is 14.8 Å². The highest BCUT2D eigenvalue weighted by molar-refractivity contribution is 5.97. The van der Waals surface area contributed by atoms with Gasteiger partial charge in [-0.2, -0.15) is 0 Å². The van der Waals surface area contributed by atoms with Gasteiger partial charge in [0.05, 0.1) is 11.0 Å². The van der Waals surface area contributed by atoms with Crippen molar-refractivity contribution in [3.63, 3.8) is 0 Å². The van der Waals surface area contributed by atoms with E-state index in [2.05, 4.69) is 16.9 Å². The monoisotopic (exact) mass is 340 g/mol. The van der Waals surface area contributed by atoms with Crippen LogP contribution < -0.4 is 0 Å². The molecule has 6 heteroatoms. The van der Waals surface area contributed by atoms with Gasteiger partial charge in [-0.15, -0.1) is 0 Å². The van der Waals surface area contributed by atoms with Crippen LogP contribution in [0.5, 0.6) is 0 Å². The average molecular weight is 340 g/mol. The zero-order valence-electron chi connectivity index (χ0n) is 14.6. The normalized spacial score (nSPS) is 18.4. The number of nitrogens with zero attached hydrogens (tertiary/aromatic N) is 3. The molecular weight excluding hydrogens is 316 g/mol. The van der Waals surface area contributed by atoms with Gasteiger partial charge in [0.15, 0.2) is 0 Å². The van der Waals surface area contributed by atoms with Crippen LogP contribution in [-0.4, -0.2) is 57.8 Å². The van der Waals surface area contributed by atoms with Crippen LogP contribution in [0.1, 0.15) is 42.4 Å². The van der Waals surface area contributed by atoms with Crippen LogP contribution in [0, 0.1) is 5.92 Å². The molecule has 1 aromatic carbocycles. The maximum atomic E-state index is 12.9. The fourth-order valence-corrected chi connectivity index (χ4v) is 3.47. The lowest BCUT2D eigenvalue weighted by molar-refractivity contribution is -0.132. The molecule has 1 aliphatic heterocycles. The van der Waals surface area contributed by atoms with Crippen molar-refractivity contribution >= 4 is 22.8 Å². The molecule has 2 aromatic rings. The summed E-state index contributed by atoms with van der Waals surface area (Å²) in [4.78, 5) is 36.7. The number of amides is 2. The van der Waals surface area contributed by atoms with Crippen molar-refractivity contribution in [3.05, 3.63) is 29.6 Å². The van der Waals surface area contributed by atoms with E-state index < -0.39 is 0 Å². The Morgan fingerprint density at radius 3 is 2.68 bits per heavy atom. The van der Waals surface area contributed by atoms with Gasteiger partial charge in [0, 0.05) is 44.1 Å². The minimum absolute atomic E-state index is 0.0373. The largest absolute Gasteiger partial charge is 0.342 e. The van der Waals surface area contributed by atoms with Crippen LogP contribution in [0.25, 0.3) is 11.0 Å². The van der Waals surface area contributed by atoms with E-state index in [0.717, 1.165) is 49.1 Å². The summed E-state index contributed by atoms with van der Waals surface area (Å²) in [6.07, 6.45) is 3.75. The Kier molecular flexibility index (Phi) is 4.19. The zero-order chi connectivity index (χ0) is 17.4. The molecule has 1 aromatic heterocycles. The molecule has 132 valence electrons. The first-order chi connectivity index (χ1) is 12.2. The van der Waals surface area contributed by atoms with E-state index in [1.54, 1.807) is 0 Å². The lowest BCUT2D eigenvalue weighted by atomic mass is 10.1. The Morgan fingerprint density at radius 1 is 1.16 bits per heavy atom. The number of carbonyl (C=O) groups is 2. The van der Waals surface area contributed by atoms with Crippen LogP contribution in [0.2, 0.25) is 0 Å². The topological polar surface area (TPSA) is 69.3 Å². The number of imidazole rings is 1. The third-order valence-corrected chi connectivity index (χ3v) is 5.13. The second-order valence-electron chi connectivity index (χ2n) is 7.01. The summed E-state index contributed by atoms with van der Waals surface area (Å²) >= 11 is 0. The van der Waals surface area contributed by atoms with E-state index in [0.29, 0.717) is 25.2 Å². The second-order valence-corrected chi connectivity index (χ2v) is 7.01. The van der Waals surface area contributed by atoms with Crippen LogP contribution in [-0.2, 0) is 11.2 Å². The molecular formula is C19H24N4O2. The van der Waals surface area contributed by atoms with E-state index in [4.69, 9.17) is 0 Å². The van der Waals surface area contributed by atoms with Gasteiger partial charge in [-0.3, -0.25) is 9.59 Å². The summed E-state index contributed by atoms with van der Waals surface area (Å²) < 4.78 is 0. The molecule has 6 nitrogen and oxygen atoms in total. The van der Waals surface area contributed by atoms with E-state index >= 15 is 0 Å². The number of aromatic amines is 1. The van der Waals surface area contributed by atoms with Crippen molar-refractivity contribution in [2.45, 2.75) is 32.6 Å². The predicted molar refractivity (Wildman–Crippen MR) is 95.3 cm³/mol. The Balaban J connectivity index is 1.47. The number of fused-ring (bicyclic) bond motifs is 1. The summed E-state index contributed by atoms with van der Waals surface area (Å²) in [6.45, 7) is 4.77. The highest BCUT2D eigenvalue weighted by atomic mass is 16.2. The van der Waals surface area contributed by atoms with Crippen LogP contribution in [0.3, 0.4) is 0 Å². The summed E-state index contributed by atoms with van der Waals surface area (Å²) in [5, 5.41) is 0. The third kappa shape index (κ3) is 3.25. The van der Waals surface area contributed by atoms with Gasteiger partial charge in [0.25, 0.3) is 5.91 Å². The molecule has 0 spiro atoms. The average Bonchev–Trinajstić information content (AvgIpc) is 3.43. The smallest absolute Gasteiger partial charge is 0.253 e. The fourth-order valence-electron chi connectivity index (χ4n) is 3.47. The molecule has 0 radical (unpaired) electrons. The number of rotatable bonds is 3. The Labute approximate surface area is 147 Å². The molecule has 1 N–H and O–H groups in total. The molecule has 2 fully saturated rings. The van der Waals surface area contributed by atoms with Crippen molar-refractivity contribution in [2.75, 3.05) is 26.2 Å². The lowest BCUT2D eigenvalue weighted by Crippen LogP contribution is -2.37. The van der Waals surface area contributed by atoms with Gasteiger partial charge in [-0.1, -0.05) is 6.92 Å². The third-order valence-electron chi connectivity index (χ3n) is 5.13. The van der Waals surface area contributed by atoms with Crippen LogP contribution >= 0.6 is 0 Å². The number of nitrogens with one attached hydrogen (secondary N) is 1. The standard InChI is InChI=1S/C19H24N4O2/c1-2-17-20-15-7-6-14(12-16(15)21-17)19(25)23-9-3-8-22(10-11-23)18(24)13-4-5-13/h6-7,12-13H,2-5,8-11H2,1H3,(H,20,21). The maximum absolute atomic E-state index is 12.9. The van der Waals surface area contributed by atoms with Crippen molar-refractivity contribution < 1.29 is 9.59 Å². The minimum Gasteiger partial charge on any atom is -0.342 e. The Bertz CT molecular complexity index is 809. The van der Waals surface area contributed by atoms with Gasteiger partial charge in [-0.25, -0.2) is 4.98 Å². The second kappa shape index (κ2) is 6.50. The van der Waals surface area contributed by atoms with Crippen LogP contribution in [0.15, 0.2) is 18.2 Å². The van der Waals surface area contributed by atoms with Crippen molar-refractivity contribution in [3.8, 4) is 0 Å². The summed E-state index contributed by atoms with van der Waals surface area (Å²) in [5.74, 6) is 1.50. The number of hydrogen-bond donors (Lipinski definition) is 1. The summed E-state index contributed by atoms with van der Waals surface area (Å²) in [7, 11) is 0. The molecule has 25 heavy (non-hydrogen) atoms. The number of benzene rings is 1. The number of aromatic nitrogens is 2. The SMILES string of the molecule is CCc1nc2ccc(C(=O)N3CCCN(C(=O)C4CC4)CC3)cc2[nH]1. The van der Waals surface area contributed by atoms with E-state index in [9.17, 15) is 9.59 Å². The van der Waals surface area contributed by atoms with Crippen molar-refractivity contribution in [1.29, 1.82) is 0 Å². The Morgan fingerprint density at radius 2 is 1.92 bits per heavy atom. The summed E-state index contributed by atoms with van der Waals surface area (Å²) in [5.41, 5.74) is 2.48. The first kappa shape index (κ1) is 16.1. The molecule has 1 saturated carbocycles. The number of aryl methyl sites for hydroxylation is 1. The molecule has 0 atom stereocenters. The Hall–Kier alpha value is -2.37. The first-order valence-corrected chi connectivity index (χ1v) is 9.22. The molecule has 4 rings (SSSR count). The molecule has 2 aliphatic rings. The molecule has 1 aliphatic carbocycles. The van der Waals surface area contributed by atoms with Crippen molar-refractivity contribution in [1.82, 2.24) is 19.8 Å². The quantitative estimate of drug-likeness (QED) is 0.931. The molecule has 2 heterocycles. The lowest BCUT2D eigenvalue weighted by Gasteiger charge is -2.22. The molecule has 1 saturated heterocycles.